The number of ether oxygens (including phenoxy) is 3. The molecule has 7 heteroatoms. The Morgan fingerprint density at radius 1 is 1.06 bits per heavy atom. The normalized spacial score (nSPS) is 24.3. The van der Waals surface area contributed by atoms with Gasteiger partial charge in [-0.1, -0.05) is 36.2 Å². The second-order valence-electron chi connectivity index (χ2n) is 8.70. The van der Waals surface area contributed by atoms with Gasteiger partial charge in [0.15, 0.2) is 5.79 Å². The van der Waals surface area contributed by atoms with Gasteiger partial charge in [0.2, 0.25) is 0 Å². The van der Waals surface area contributed by atoms with E-state index < -0.39 is 5.79 Å². The quantitative estimate of drug-likeness (QED) is 0.518. The molecule has 4 rings (SSSR count). The first-order valence-electron chi connectivity index (χ1n) is 11.4. The molecule has 0 amide bonds. The average Bonchev–Trinajstić information content (AvgIpc) is 3.22. The van der Waals surface area contributed by atoms with Crippen LogP contribution in [-0.2, 0) is 15.3 Å². The van der Waals surface area contributed by atoms with Gasteiger partial charge in [-0.15, -0.1) is 0 Å². The number of hydrogen-bond donors (Lipinski definition) is 0. The molecule has 0 unspecified atom stereocenters. The standard InChI is InChI=1S/C25H32Cl2N2O3/c1-4-25(23-10-5-19(26)15-24(23)27)31-17-22(32-25)16-30-21-8-6-20(7-9-21)29-13-11-28(12-14-29)18(2)3/h5-10,15,18,22H,4,11-14,16-17H2,1-3H3/t22-,25-/m0/s1. The van der Waals surface area contributed by atoms with Crippen molar-refractivity contribution in [2.24, 2.45) is 0 Å². The molecule has 2 atom stereocenters. The second-order valence-corrected chi connectivity index (χ2v) is 9.55. The van der Waals surface area contributed by atoms with Gasteiger partial charge < -0.3 is 19.1 Å². The summed E-state index contributed by atoms with van der Waals surface area (Å²) in [6.45, 7) is 11.7. The zero-order chi connectivity index (χ0) is 22.7. The van der Waals surface area contributed by atoms with E-state index in [0.717, 1.165) is 37.5 Å². The van der Waals surface area contributed by atoms with Gasteiger partial charge in [0.1, 0.15) is 18.5 Å². The smallest absolute Gasteiger partial charge is 0.196 e. The molecular weight excluding hydrogens is 447 g/mol. The number of rotatable bonds is 7. The molecule has 2 heterocycles. The van der Waals surface area contributed by atoms with E-state index in [9.17, 15) is 0 Å². The molecule has 2 aromatic carbocycles. The van der Waals surface area contributed by atoms with Crippen LogP contribution in [0.1, 0.15) is 32.8 Å². The van der Waals surface area contributed by atoms with Crippen molar-refractivity contribution >= 4 is 28.9 Å². The maximum Gasteiger partial charge on any atom is 0.196 e. The Morgan fingerprint density at radius 3 is 2.41 bits per heavy atom. The Balaban J connectivity index is 1.31. The van der Waals surface area contributed by atoms with Crippen LogP contribution in [0.2, 0.25) is 10.0 Å². The molecule has 0 aromatic heterocycles. The topological polar surface area (TPSA) is 34.2 Å². The first-order chi connectivity index (χ1) is 15.4. The molecule has 0 bridgehead atoms. The monoisotopic (exact) mass is 478 g/mol. The molecule has 5 nitrogen and oxygen atoms in total. The lowest BCUT2D eigenvalue weighted by molar-refractivity contribution is -0.181. The van der Waals surface area contributed by atoms with Gasteiger partial charge in [-0.2, -0.15) is 0 Å². The SMILES string of the molecule is CC[C@]1(c2ccc(Cl)cc2Cl)OC[C@H](COc2ccc(N3CCN(C(C)C)CC3)cc2)O1. The van der Waals surface area contributed by atoms with Crippen molar-refractivity contribution in [2.45, 2.75) is 45.1 Å². The zero-order valence-corrected chi connectivity index (χ0v) is 20.5. The van der Waals surface area contributed by atoms with Crippen LogP contribution in [0.4, 0.5) is 5.69 Å². The lowest BCUT2D eigenvalue weighted by Gasteiger charge is -2.38. The third kappa shape index (κ3) is 5.18. The number of halogens is 2. The Kier molecular flexibility index (Phi) is 7.53. The summed E-state index contributed by atoms with van der Waals surface area (Å²) < 4.78 is 18.4. The van der Waals surface area contributed by atoms with Gasteiger partial charge in [0.25, 0.3) is 0 Å². The lowest BCUT2D eigenvalue weighted by Crippen LogP contribution is -2.48. The average molecular weight is 479 g/mol. The minimum absolute atomic E-state index is 0.175. The Bertz CT molecular complexity index is 901. The van der Waals surface area contributed by atoms with Crippen LogP contribution in [0.15, 0.2) is 42.5 Å². The Morgan fingerprint density at radius 2 is 1.78 bits per heavy atom. The highest BCUT2D eigenvalue weighted by molar-refractivity contribution is 6.35. The van der Waals surface area contributed by atoms with Gasteiger partial charge in [-0.3, -0.25) is 4.90 Å². The highest BCUT2D eigenvalue weighted by atomic mass is 35.5. The second kappa shape index (κ2) is 10.2. The third-order valence-electron chi connectivity index (χ3n) is 6.35. The summed E-state index contributed by atoms with van der Waals surface area (Å²) in [4.78, 5) is 4.95. The summed E-state index contributed by atoms with van der Waals surface area (Å²) in [5.74, 6) is -0.0331. The van der Waals surface area contributed by atoms with Gasteiger partial charge in [-0.25, -0.2) is 0 Å². The molecule has 2 fully saturated rings. The number of benzene rings is 2. The number of hydrogen-bond acceptors (Lipinski definition) is 5. The molecule has 174 valence electrons. The van der Waals surface area contributed by atoms with E-state index in [4.69, 9.17) is 37.4 Å². The van der Waals surface area contributed by atoms with Crippen LogP contribution in [0, 0.1) is 0 Å². The van der Waals surface area contributed by atoms with Crippen molar-refractivity contribution < 1.29 is 14.2 Å². The molecule has 2 aromatic rings. The molecule has 0 saturated carbocycles. The molecule has 0 radical (unpaired) electrons. The number of piperazine rings is 1. The fraction of sp³-hybridized carbons (Fsp3) is 0.520. The number of anilines is 1. The number of nitrogens with zero attached hydrogens (tertiary/aromatic N) is 2. The summed E-state index contributed by atoms with van der Waals surface area (Å²) >= 11 is 12.5. The van der Waals surface area contributed by atoms with E-state index in [1.54, 1.807) is 12.1 Å². The summed E-state index contributed by atoms with van der Waals surface area (Å²) in [6.07, 6.45) is 0.467. The molecular formula is C25H32Cl2N2O3. The van der Waals surface area contributed by atoms with Crippen molar-refractivity contribution in [1.82, 2.24) is 4.90 Å². The summed E-state index contributed by atoms with van der Waals surface area (Å²) in [6, 6.07) is 14.3. The van der Waals surface area contributed by atoms with Gasteiger partial charge >= 0.3 is 0 Å². The minimum Gasteiger partial charge on any atom is -0.491 e. The van der Waals surface area contributed by atoms with E-state index in [2.05, 4.69) is 35.8 Å². The van der Waals surface area contributed by atoms with Crippen molar-refractivity contribution in [1.29, 1.82) is 0 Å². The third-order valence-corrected chi connectivity index (χ3v) is 6.90. The van der Waals surface area contributed by atoms with Crippen LogP contribution in [-0.4, -0.2) is 56.4 Å². The van der Waals surface area contributed by atoms with Gasteiger partial charge in [-0.05, 0) is 50.2 Å². The van der Waals surface area contributed by atoms with E-state index in [0.29, 0.717) is 35.7 Å². The fourth-order valence-corrected chi connectivity index (χ4v) is 4.95. The Labute approximate surface area is 201 Å². The summed E-state index contributed by atoms with van der Waals surface area (Å²) in [7, 11) is 0. The van der Waals surface area contributed by atoms with Crippen molar-refractivity contribution in [2.75, 3.05) is 44.3 Å². The maximum absolute atomic E-state index is 6.42. The van der Waals surface area contributed by atoms with E-state index in [-0.39, 0.29) is 6.10 Å². The van der Waals surface area contributed by atoms with E-state index >= 15 is 0 Å². The van der Waals surface area contributed by atoms with E-state index in [1.807, 2.05) is 25.1 Å². The van der Waals surface area contributed by atoms with Crippen LogP contribution >= 0.6 is 23.2 Å². The van der Waals surface area contributed by atoms with Crippen LogP contribution in [0.3, 0.4) is 0 Å². The van der Waals surface area contributed by atoms with Crippen LogP contribution in [0.25, 0.3) is 0 Å². The molecule has 2 aliphatic rings. The van der Waals surface area contributed by atoms with Gasteiger partial charge in [0.05, 0.1) is 11.6 Å². The van der Waals surface area contributed by atoms with E-state index in [1.165, 1.54) is 5.69 Å². The predicted octanol–water partition coefficient (Wildman–Crippen LogP) is 5.58. The molecule has 0 aliphatic carbocycles. The lowest BCUT2D eigenvalue weighted by atomic mass is 10.0. The largest absolute Gasteiger partial charge is 0.491 e. The molecule has 2 aliphatic heterocycles. The highest BCUT2D eigenvalue weighted by Gasteiger charge is 2.43. The van der Waals surface area contributed by atoms with Crippen LogP contribution in [0.5, 0.6) is 5.75 Å². The zero-order valence-electron chi connectivity index (χ0n) is 19.0. The summed E-state index contributed by atoms with van der Waals surface area (Å²) in [5, 5.41) is 1.14. The molecule has 2 saturated heterocycles. The maximum atomic E-state index is 6.42. The highest BCUT2D eigenvalue weighted by Crippen LogP contribution is 2.41. The first-order valence-corrected chi connectivity index (χ1v) is 12.1. The fourth-order valence-electron chi connectivity index (χ4n) is 4.40. The molecule has 32 heavy (non-hydrogen) atoms. The van der Waals surface area contributed by atoms with Crippen molar-refractivity contribution in [3.05, 3.63) is 58.1 Å². The van der Waals surface area contributed by atoms with Crippen molar-refractivity contribution in [3.8, 4) is 5.75 Å². The Hall–Kier alpha value is -1.50. The molecule has 0 spiro atoms. The predicted molar refractivity (Wildman–Crippen MR) is 130 cm³/mol. The molecule has 0 N–H and O–H groups in total. The van der Waals surface area contributed by atoms with Crippen molar-refractivity contribution in [3.63, 3.8) is 0 Å². The minimum atomic E-state index is -0.863. The van der Waals surface area contributed by atoms with Gasteiger partial charge in [0, 0.05) is 54.9 Å². The first kappa shape index (κ1) is 23.7. The summed E-state index contributed by atoms with van der Waals surface area (Å²) in [5.41, 5.74) is 2.04. The van der Waals surface area contributed by atoms with Crippen LogP contribution < -0.4 is 9.64 Å².